The molecule has 110 valence electrons. The number of oxime groups is 1. The Morgan fingerprint density at radius 2 is 2.40 bits per heavy atom. The van der Waals surface area contributed by atoms with Crippen molar-refractivity contribution < 1.29 is 9.94 Å². The molecule has 1 unspecified atom stereocenters. The third-order valence-corrected chi connectivity index (χ3v) is 3.42. The van der Waals surface area contributed by atoms with Crippen LogP contribution in [0.2, 0.25) is 0 Å². The molecule has 1 aliphatic rings. The molecule has 2 heterocycles. The van der Waals surface area contributed by atoms with Crippen molar-refractivity contribution in [2.24, 2.45) is 16.8 Å². The van der Waals surface area contributed by atoms with E-state index in [1.165, 1.54) is 0 Å². The maximum atomic E-state index is 8.76. The topological polar surface area (TPSA) is 96.9 Å². The van der Waals surface area contributed by atoms with Gasteiger partial charge in [0.05, 0.1) is 6.61 Å². The Kier molecular flexibility index (Phi) is 4.73. The second-order valence-electron chi connectivity index (χ2n) is 5.09. The normalized spacial score (nSPS) is 20.2. The molecule has 2 rings (SSSR count). The molecule has 0 aliphatic carbocycles. The van der Waals surface area contributed by atoms with Gasteiger partial charge in [0.1, 0.15) is 5.69 Å². The van der Waals surface area contributed by atoms with Crippen LogP contribution in [0.3, 0.4) is 0 Å². The van der Waals surface area contributed by atoms with E-state index >= 15 is 0 Å². The maximum Gasteiger partial charge on any atom is 0.226 e. The molecule has 0 bridgehead atoms. The molecule has 1 aromatic heterocycles. The van der Waals surface area contributed by atoms with E-state index in [-0.39, 0.29) is 5.84 Å². The quantitative estimate of drug-likeness (QED) is 0.365. The standard InChI is InChI=1S/C13H21N5O2/c1-9-6-11(12(14)17-19)16-13(15-9)18-5-3-4-10(7-18)8-20-2/h6,10,19H,3-5,7-8H2,1-2H3,(H2,14,17). The molecule has 0 spiro atoms. The molecule has 0 radical (unpaired) electrons. The first kappa shape index (κ1) is 14.5. The number of hydrogen-bond acceptors (Lipinski definition) is 6. The second-order valence-corrected chi connectivity index (χ2v) is 5.09. The number of rotatable bonds is 4. The van der Waals surface area contributed by atoms with Gasteiger partial charge >= 0.3 is 0 Å². The van der Waals surface area contributed by atoms with Crippen LogP contribution in [0.4, 0.5) is 5.95 Å². The van der Waals surface area contributed by atoms with Gasteiger partial charge in [0.2, 0.25) is 5.95 Å². The minimum Gasteiger partial charge on any atom is -0.409 e. The van der Waals surface area contributed by atoms with E-state index in [1.54, 1.807) is 13.2 Å². The molecule has 0 aromatic carbocycles. The van der Waals surface area contributed by atoms with Crippen LogP contribution in [0, 0.1) is 12.8 Å². The molecule has 1 aromatic rings. The monoisotopic (exact) mass is 279 g/mol. The Morgan fingerprint density at radius 3 is 3.10 bits per heavy atom. The fourth-order valence-corrected chi connectivity index (χ4v) is 2.50. The lowest BCUT2D eigenvalue weighted by molar-refractivity contribution is 0.143. The average molecular weight is 279 g/mol. The Bertz CT molecular complexity index is 490. The number of anilines is 1. The summed E-state index contributed by atoms with van der Waals surface area (Å²) >= 11 is 0. The predicted molar refractivity (Wildman–Crippen MR) is 76.1 cm³/mol. The number of aromatic nitrogens is 2. The van der Waals surface area contributed by atoms with Gasteiger partial charge in [-0.2, -0.15) is 0 Å². The fraction of sp³-hybridized carbons (Fsp3) is 0.615. The fourth-order valence-electron chi connectivity index (χ4n) is 2.50. The summed E-state index contributed by atoms with van der Waals surface area (Å²) in [7, 11) is 1.72. The van der Waals surface area contributed by atoms with Crippen molar-refractivity contribution in [3.63, 3.8) is 0 Å². The highest BCUT2D eigenvalue weighted by Gasteiger charge is 2.22. The largest absolute Gasteiger partial charge is 0.409 e. The molecule has 7 heteroatoms. The zero-order chi connectivity index (χ0) is 14.5. The van der Waals surface area contributed by atoms with Crippen molar-refractivity contribution >= 4 is 11.8 Å². The van der Waals surface area contributed by atoms with Gasteiger partial charge in [0, 0.05) is 25.9 Å². The molecule has 7 nitrogen and oxygen atoms in total. The number of nitrogens with two attached hydrogens (primary N) is 1. The Balaban J connectivity index is 2.21. The second kappa shape index (κ2) is 6.51. The summed E-state index contributed by atoms with van der Waals surface area (Å²) in [5.74, 6) is 1.12. The van der Waals surface area contributed by atoms with Crippen molar-refractivity contribution in [3.8, 4) is 0 Å². The molecule has 1 saturated heterocycles. The Morgan fingerprint density at radius 1 is 1.60 bits per heavy atom. The summed E-state index contributed by atoms with van der Waals surface area (Å²) in [6.45, 7) is 4.40. The average Bonchev–Trinajstić information content (AvgIpc) is 2.46. The number of amidine groups is 1. The first-order chi connectivity index (χ1) is 9.63. The minimum absolute atomic E-state index is 0.00204. The highest BCUT2D eigenvalue weighted by molar-refractivity contribution is 5.95. The molecule has 1 fully saturated rings. The summed E-state index contributed by atoms with van der Waals surface area (Å²) in [5.41, 5.74) is 6.85. The van der Waals surface area contributed by atoms with Gasteiger partial charge < -0.3 is 20.6 Å². The highest BCUT2D eigenvalue weighted by Crippen LogP contribution is 2.21. The van der Waals surface area contributed by atoms with Crippen LogP contribution in [0.1, 0.15) is 24.2 Å². The molecular weight excluding hydrogens is 258 g/mol. The van der Waals surface area contributed by atoms with Gasteiger partial charge in [0.25, 0.3) is 0 Å². The molecule has 1 atom stereocenters. The summed E-state index contributed by atoms with van der Waals surface area (Å²) in [5, 5.41) is 11.8. The van der Waals surface area contributed by atoms with Crippen LogP contribution >= 0.6 is 0 Å². The molecule has 0 amide bonds. The summed E-state index contributed by atoms with van der Waals surface area (Å²) in [6, 6.07) is 1.70. The lowest BCUT2D eigenvalue weighted by Gasteiger charge is -2.32. The van der Waals surface area contributed by atoms with Gasteiger partial charge in [-0.1, -0.05) is 5.16 Å². The highest BCUT2D eigenvalue weighted by atomic mass is 16.5. The third kappa shape index (κ3) is 3.36. The number of piperidine rings is 1. The minimum atomic E-state index is 0.00204. The summed E-state index contributed by atoms with van der Waals surface area (Å²) < 4.78 is 5.23. The SMILES string of the molecule is COCC1CCCN(c2nc(C)cc(/C(N)=N/O)n2)C1. The van der Waals surface area contributed by atoms with Crippen LogP contribution in [0.25, 0.3) is 0 Å². The van der Waals surface area contributed by atoms with E-state index < -0.39 is 0 Å². The Hall–Kier alpha value is -1.89. The van der Waals surface area contributed by atoms with Gasteiger partial charge in [0.15, 0.2) is 5.84 Å². The lowest BCUT2D eigenvalue weighted by atomic mass is 9.99. The number of nitrogens with zero attached hydrogens (tertiary/aromatic N) is 4. The van der Waals surface area contributed by atoms with Gasteiger partial charge in [-0.15, -0.1) is 0 Å². The van der Waals surface area contributed by atoms with Crippen molar-refractivity contribution in [1.29, 1.82) is 0 Å². The van der Waals surface area contributed by atoms with E-state index in [0.717, 1.165) is 38.2 Å². The predicted octanol–water partition coefficient (Wildman–Crippen LogP) is 0.742. The number of ether oxygens (including phenoxy) is 1. The maximum absolute atomic E-state index is 8.76. The van der Waals surface area contributed by atoms with E-state index in [1.807, 2.05) is 6.92 Å². The lowest BCUT2D eigenvalue weighted by Crippen LogP contribution is -2.38. The summed E-state index contributed by atoms with van der Waals surface area (Å²) in [6.07, 6.45) is 2.24. The van der Waals surface area contributed by atoms with Crippen LogP contribution in [0.15, 0.2) is 11.2 Å². The zero-order valence-electron chi connectivity index (χ0n) is 11.9. The zero-order valence-corrected chi connectivity index (χ0v) is 11.9. The van der Waals surface area contributed by atoms with E-state index in [4.69, 9.17) is 15.7 Å². The van der Waals surface area contributed by atoms with Gasteiger partial charge in [-0.3, -0.25) is 0 Å². The summed E-state index contributed by atoms with van der Waals surface area (Å²) in [4.78, 5) is 11.0. The smallest absolute Gasteiger partial charge is 0.226 e. The van der Waals surface area contributed by atoms with Crippen molar-refractivity contribution in [1.82, 2.24) is 9.97 Å². The first-order valence-corrected chi connectivity index (χ1v) is 6.71. The van der Waals surface area contributed by atoms with Crippen LogP contribution in [0.5, 0.6) is 0 Å². The van der Waals surface area contributed by atoms with Crippen LogP contribution < -0.4 is 10.6 Å². The van der Waals surface area contributed by atoms with Crippen LogP contribution in [-0.4, -0.2) is 47.8 Å². The molecule has 0 saturated carbocycles. The number of hydrogen-bond donors (Lipinski definition) is 2. The number of aryl methyl sites for hydroxylation is 1. The third-order valence-electron chi connectivity index (χ3n) is 3.42. The van der Waals surface area contributed by atoms with E-state index in [2.05, 4.69) is 20.0 Å². The molecular formula is C13H21N5O2. The van der Waals surface area contributed by atoms with E-state index in [9.17, 15) is 0 Å². The molecule has 20 heavy (non-hydrogen) atoms. The first-order valence-electron chi connectivity index (χ1n) is 6.71. The van der Waals surface area contributed by atoms with Gasteiger partial charge in [-0.25, -0.2) is 9.97 Å². The van der Waals surface area contributed by atoms with E-state index in [0.29, 0.717) is 17.6 Å². The van der Waals surface area contributed by atoms with Crippen LogP contribution in [-0.2, 0) is 4.74 Å². The van der Waals surface area contributed by atoms with Crippen molar-refractivity contribution in [3.05, 3.63) is 17.5 Å². The van der Waals surface area contributed by atoms with Crippen molar-refractivity contribution in [2.75, 3.05) is 31.7 Å². The molecule has 3 N–H and O–H groups in total. The number of methoxy groups -OCH3 is 1. The molecule has 1 aliphatic heterocycles. The van der Waals surface area contributed by atoms with Gasteiger partial charge in [-0.05, 0) is 31.7 Å². The van der Waals surface area contributed by atoms with Crippen molar-refractivity contribution in [2.45, 2.75) is 19.8 Å². The Labute approximate surface area is 118 Å².